The van der Waals surface area contributed by atoms with E-state index in [1.165, 1.54) is 23.9 Å². The van der Waals surface area contributed by atoms with E-state index in [4.69, 9.17) is 9.47 Å². The summed E-state index contributed by atoms with van der Waals surface area (Å²) >= 11 is 1.45. The molecule has 8 nitrogen and oxygen atoms in total. The molecule has 2 aliphatic rings. The van der Waals surface area contributed by atoms with E-state index in [1.807, 2.05) is 18.2 Å². The summed E-state index contributed by atoms with van der Waals surface area (Å²) in [6, 6.07) is 11.9. The van der Waals surface area contributed by atoms with Crippen LogP contribution >= 0.6 is 11.8 Å². The molecule has 0 fully saturated rings. The quantitative estimate of drug-likeness (QED) is 0.356. The van der Waals surface area contributed by atoms with Crippen molar-refractivity contribution >= 4 is 34.6 Å². The van der Waals surface area contributed by atoms with Gasteiger partial charge in [0.1, 0.15) is 5.70 Å². The molecular formula is C22H21N3O5S. The first kappa shape index (κ1) is 20.9. The number of thioether (sulfide) groups is 1. The highest BCUT2D eigenvalue weighted by molar-refractivity contribution is 8.13. The Morgan fingerprint density at radius 3 is 2.71 bits per heavy atom. The number of ether oxygens (including phenoxy) is 2. The Morgan fingerprint density at radius 2 is 1.97 bits per heavy atom. The van der Waals surface area contributed by atoms with Gasteiger partial charge in [0.15, 0.2) is 16.7 Å². The number of amidine groups is 1. The molecule has 0 saturated heterocycles. The van der Waals surface area contributed by atoms with Gasteiger partial charge in [-0.25, -0.2) is 4.99 Å². The van der Waals surface area contributed by atoms with Crippen molar-refractivity contribution in [3.8, 4) is 11.5 Å². The summed E-state index contributed by atoms with van der Waals surface area (Å²) in [5.74, 6) is 1.77. The molecule has 1 amide bonds. The van der Waals surface area contributed by atoms with E-state index in [-0.39, 0.29) is 18.4 Å². The number of nitrogens with zero attached hydrogens (tertiary/aromatic N) is 3. The zero-order valence-electron chi connectivity index (χ0n) is 16.9. The van der Waals surface area contributed by atoms with Crippen molar-refractivity contribution in [3.63, 3.8) is 0 Å². The minimum Gasteiger partial charge on any atom is -0.454 e. The fourth-order valence-electron chi connectivity index (χ4n) is 3.18. The highest BCUT2D eigenvalue weighted by atomic mass is 32.2. The third-order valence-corrected chi connectivity index (χ3v) is 5.91. The number of hydrogen-bond donors (Lipinski definition) is 0. The standard InChI is InChI=1S/C22H21N3O5S/c1-2-3-10-24-21(26)18(11-16-6-9-19-20(12-16)30-14-29-19)23-22(24)31-13-15-4-7-17(8-5-15)25(27)28/h4-9,11-12H,2-3,10,13-14H2,1H3/b18-11-. The highest BCUT2D eigenvalue weighted by Crippen LogP contribution is 2.34. The largest absolute Gasteiger partial charge is 0.454 e. The fraction of sp³-hybridized carbons (Fsp3) is 0.273. The van der Waals surface area contributed by atoms with Crippen LogP contribution in [0.25, 0.3) is 6.08 Å². The van der Waals surface area contributed by atoms with Crippen LogP contribution in [0.2, 0.25) is 0 Å². The van der Waals surface area contributed by atoms with Gasteiger partial charge in [-0.05, 0) is 35.8 Å². The van der Waals surface area contributed by atoms with Gasteiger partial charge < -0.3 is 9.47 Å². The van der Waals surface area contributed by atoms with Gasteiger partial charge in [-0.3, -0.25) is 19.8 Å². The van der Waals surface area contributed by atoms with Gasteiger partial charge in [-0.2, -0.15) is 0 Å². The number of amides is 1. The van der Waals surface area contributed by atoms with Crippen LogP contribution in [0, 0.1) is 10.1 Å². The van der Waals surface area contributed by atoms with Crippen LogP contribution in [0.5, 0.6) is 11.5 Å². The Balaban J connectivity index is 1.53. The number of carbonyl (C=O) groups is 1. The summed E-state index contributed by atoms with van der Waals surface area (Å²) in [6.07, 6.45) is 3.59. The third kappa shape index (κ3) is 4.72. The lowest BCUT2D eigenvalue weighted by Crippen LogP contribution is -2.31. The molecule has 9 heteroatoms. The molecule has 160 valence electrons. The summed E-state index contributed by atoms with van der Waals surface area (Å²) in [4.78, 5) is 29.7. The zero-order chi connectivity index (χ0) is 21.8. The van der Waals surface area contributed by atoms with Gasteiger partial charge in [0.25, 0.3) is 11.6 Å². The molecular weight excluding hydrogens is 418 g/mol. The Morgan fingerprint density at radius 1 is 1.19 bits per heavy atom. The Hall–Kier alpha value is -3.33. The molecule has 0 unspecified atom stereocenters. The smallest absolute Gasteiger partial charge is 0.278 e. The Labute approximate surface area is 183 Å². The lowest BCUT2D eigenvalue weighted by molar-refractivity contribution is -0.384. The topological polar surface area (TPSA) is 94.3 Å². The first-order valence-electron chi connectivity index (χ1n) is 9.93. The Bertz CT molecular complexity index is 1070. The minimum atomic E-state index is -0.420. The SMILES string of the molecule is CCCCN1C(=O)/C(=C/c2ccc3c(c2)OCO3)N=C1SCc1ccc([N+](=O)[O-])cc1. The second-order valence-electron chi connectivity index (χ2n) is 7.06. The summed E-state index contributed by atoms with van der Waals surface area (Å²) in [5.41, 5.74) is 2.17. The minimum absolute atomic E-state index is 0.0562. The summed E-state index contributed by atoms with van der Waals surface area (Å²) in [5, 5.41) is 11.5. The molecule has 0 saturated carbocycles. The van der Waals surface area contributed by atoms with Gasteiger partial charge in [-0.1, -0.05) is 43.3 Å². The van der Waals surface area contributed by atoms with Crippen LogP contribution in [0.15, 0.2) is 53.2 Å². The van der Waals surface area contributed by atoms with Crippen molar-refractivity contribution < 1.29 is 19.2 Å². The molecule has 31 heavy (non-hydrogen) atoms. The van der Waals surface area contributed by atoms with Crippen molar-refractivity contribution in [1.29, 1.82) is 0 Å². The summed E-state index contributed by atoms with van der Waals surface area (Å²) < 4.78 is 10.7. The van der Waals surface area contributed by atoms with E-state index < -0.39 is 4.92 Å². The number of nitro groups is 1. The number of unbranched alkanes of at least 4 members (excludes halogenated alkanes) is 1. The van der Waals surface area contributed by atoms with E-state index in [0.29, 0.717) is 34.7 Å². The molecule has 0 bridgehead atoms. The number of benzene rings is 2. The molecule has 4 rings (SSSR count). The van der Waals surface area contributed by atoms with Crippen molar-refractivity contribution in [2.24, 2.45) is 4.99 Å². The average molecular weight is 439 g/mol. The number of nitro benzene ring substituents is 1. The third-order valence-electron chi connectivity index (χ3n) is 4.86. The first-order chi connectivity index (χ1) is 15.0. The number of rotatable bonds is 7. The van der Waals surface area contributed by atoms with Gasteiger partial charge in [-0.15, -0.1) is 0 Å². The van der Waals surface area contributed by atoms with Crippen LogP contribution in [0.1, 0.15) is 30.9 Å². The van der Waals surface area contributed by atoms with Crippen LogP contribution in [-0.2, 0) is 10.5 Å². The highest BCUT2D eigenvalue weighted by Gasteiger charge is 2.30. The number of aliphatic imine (C=N–C) groups is 1. The van der Waals surface area contributed by atoms with E-state index in [0.717, 1.165) is 24.0 Å². The molecule has 2 aromatic carbocycles. The first-order valence-corrected chi connectivity index (χ1v) is 10.9. The van der Waals surface area contributed by atoms with Crippen LogP contribution < -0.4 is 9.47 Å². The van der Waals surface area contributed by atoms with Gasteiger partial charge in [0, 0.05) is 24.4 Å². The second-order valence-corrected chi connectivity index (χ2v) is 8.00. The number of carbonyl (C=O) groups excluding carboxylic acids is 1. The normalized spacial score (nSPS) is 16.2. The number of non-ortho nitro benzene ring substituents is 1. The molecule has 0 radical (unpaired) electrons. The predicted octanol–water partition coefficient (Wildman–Crippen LogP) is 4.60. The second kappa shape index (κ2) is 9.22. The van der Waals surface area contributed by atoms with Crippen molar-refractivity contribution in [3.05, 3.63) is 69.4 Å². The number of hydrogen-bond acceptors (Lipinski definition) is 7. The van der Waals surface area contributed by atoms with Gasteiger partial charge in [0.05, 0.1) is 4.92 Å². The van der Waals surface area contributed by atoms with E-state index in [2.05, 4.69) is 11.9 Å². The van der Waals surface area contributed by atoms with Gasteiger partial charge >= 0.3 is 0 Å². The molecule has 0 spiro atoms. The molecule has 2 heterocycles. The predicted molar refractivity (Wildman–Crippen MR) is 119 cm³/mol. The molecule has 2 aromatic rings. The maximum Gasteiger partial charge on any atom is 0.278 e. The fourth-order valence-corrected chi connectivity index (χ4v) is 4.16. The van der Waals surface area contributed by atoms with Gasteiger partial charge in [0.2, 0.25) is 6.79 Å². The lowest BCUT2D eigenvalue weighted by atomic mass is 10.1. The van der Waals surface area contributed by atoms with Crippen LogP contribution in [0.4, 0.5) is 5.69 Å². The van der Waals surface area contributed by atoms with Crippen molar-refractivity contribution in [1.82, 2.24) is 4.90 Å². The van der Waals surface area contributed by atoms with Crippen LogP contribution in [-0.4, -0.2) is 34.2 Å². The maximum absolute atomic E-state index is 13.0. The Kier molecular flexibility index (Phi) is 6.22. The van der Waals surface area contributed by atoms with Crippen molar-refractivity contribution in [2.75, 3.05) is 13.3 Å². The number of fused-ring (bicyclic) bond motifs is 1. The van der Waals surface area contributed by atoms with E-state index >= 15 is 0 Å². The molecule has 0 aromatic heterocycles. The van der Waals surface area contributed by atoms with E-state index in [9.17, 15) is 14.9 Å². The molecule has 0 aliphatic carbocycles. The maximum atomic E-state index is 13.0. The monoisotopic (exact) mass is 439 g/mol. The van der Waals surface area contributed by atoms with Crippen molar-refractivity contribution in [2.45, 2.75) is 25.5 Å². The van der Waals surface area contributed by atoms with Crippen LogP contribution in [0.3, 0.4) is 0 Å². The summed E-state index contributed by atoms with van der Waals surface area (Å²) in [6.45, 7) is 2.87. The zero-order valence-corrected chi connectivity index (χ0v) is 17.8. The molecule has 0 N–H and O–H groups in total. The van der Waals surface area contributed by atoms with E-state index in [1.54, 1.807) is 23.1 Å². The summed E-state index contributed by atoms with van der Waals surface area (Å²) in [7, 11) is 0. The lowest BCUT2D eigenvalue weighted by Gasteiger charge is -2.17. The molecule has 0 atom stereocenters. The average Bonchev–Trinajstić information content (AvgIpc) is 3.35. The molecule has 2 aliphatic heterocycles.